The number of carbonyl (C=O) groups excluding carboxylic acids is 2. The van der Waals surface area contributed by atoms with Crippen molar-refractivity contribution < 1.29 is 28.7 Å². The number of amides is 1. The van der Waals surface area contributed by atoms with Crippen LogP contribution in [0.3, 0.4) is 0 Å². The maximum Gasteiger partial charge on any atom is 0.343 e. The van der Waals surface area contributed by atoms with Crippen molar-refractivity contribution in [1.29, 1.82) is 0 Å². The molecule has 0 saturated carbocycles. The fourth-order valence-corrected chi connectivity index (χ4v) is 7.84. The van der Waals surface area contributed by atoms with Crippen molar-refractivity contribution in [2.24, 2.45) is 0 Å². The Labute approximate surface area is 233 Å². The number of hydrogen-bond acceptors (Lipinski definition) is 4. The quantitative estimate of drug-likeness (QED) is 0.140. The highest BCUT2D eigenvalue weighted by molar-refractivity contribution is 8.39. The fourth-order valence-electron chi connectivity index (χ4n) is 4.58. The number of carbonyl (C=O) groups is 2. The van der Waals surface area contributed by atoms with E-state index >= 15 is 0 Å². The molecule has 0 aliphatic carbocycles. The van der Waals surface area contributed by atoms with Crippen LogP contribution >= 0.6 is 17.6 Å². The van der Waals surface area contributed by atoms with Gasteiger partial charge in [-0.3, -0.25) is 9.36 Å². The molecule has 39 heavy (non-hydrogen) atoms. The molecule has 2 N–H and O–H groups in total. The molecule has 0 unspecified atom stereocenters. The first kappa shape index (κ1) is 30.9. The Hall–Kier alpha value is -2.64. The first-order valence-electron chi connectivity index (χ1n) is 13.3. The van der Waals surface area contributed by atoms with Gasteiger partial charge in [-0.25, -0.2) is 4.79 Å². The smallest absolute Gasteiger partial charge is 0.343 e. The van der Waals surface area contributed by atoms with Gasteiger partial charge in [-0.05, 0) is 75.8 Å². The van der Waals surface area contributed by atoms with Crippen molar-refractivity contribution in [3.63, 3.8) is 0 Å². The lowest BCUT2D eigenvalue weighted by Crippen LogP contribution is -2.35. The zero-order chi connectivity index (χ0) is 29.0. The molecule has 1 amide bonds. The third-order valence-electron chi connectivity index (χ3n) is 6.99. The Morgan fingerprint density at radius 1 is 1.03 bits per heavy atom. The fraction of sp³-hybridized carbons (Fsp3) is 0.400. The minimum atomic E-state index is -4.25. The topological polar surface area (TPSA) is 104 Å². The number of nitrogens with zero attached hydrogens (tertiary/aromatic N) is 1. The Balaban J connectivity index is 2.13. The molecule has 0 spiro atoms. The molecule has 7 nitrogen and oxygen atoms in total. The lowest BCUT2D eigenvalue weighted by molar-refractivity contribution is -0.123. The monoisotopic (exact) mass is 573 g/mol. The minimum absolute atomic E-state index is 0.0515. The molecule has 1 heterocycles. The second-order valence-electron chi connectivity index (χ2n) is 10.3. The van der Waals surface area contributed by atoms with Gasteiger partial charge in [0.05, 0.1) is 16.6 Å². The number of ether oxygens (including phenoxy) is 1. The molecule has 9 heteroatoms. The maximum absolute atomic E-state index is 13.7. The van der Waals surface area contributed by atoms with E-state index in [1.807, 2.05) is 52.0 Å². The molecule has 1 aliphatic heterocycles. The Morgan fingerprint density at radius 2 is 1.59 bits per heavy atom. The van der Waals surface area contributed by atoms with E-state index in [0.29, 0.717) is 16.2 Å². The van der Waals surface area contributed by atoms with E-state index in [-0.39, 0.29) is 24.3 Å². The van der Waals surface area contributed by atoms with Crippen LogP contribution in [-0.4, -0.2) is 50.8 Å². The molecule has 0 atom stereocenters. The molecule has 0 radical (unpaired) electrons. The van der Waals surface area contributed by atoms with Crippen molar-refractivity contribution in [2.45, 2.75) is 53.4 Å². The molecule has 0 saturated heterocycles. The highest BCUT2D eigenvalue weighted by Crippen LogP contribution is 2.59. The molecule has 0 aromatic heterocycles. The third kappa shape index (κ3) is 7.31. The van der Waals surface area contributed by atoms with Gasteiger partial charge in [0.25, 0.3) is 5.91 Å². The third-order valence-corrected chi connectivity index (χ3v) is 11.6. The average molecular weight is 574 g/mol. The van der Waals surface area contributed by atoms with Crippen molar-refractivity contribution in [3.8, 4) is 5.75 Å². The normalized spacial score (nSPS) is 17.2. The van der Waals surface area contributed by atoms with Crippen LogP contribution in [-0.2, 0) is 9.36 Å². The van der Waals surface area contributed by atoms with Gasteiger partial charge in [0, 0.05) is 12.7 Å². The van der Waals surface area contributed by atoms with Gasteiger partial charge in [-0.2, -0.15) is 10.0 Å². The van der Waals surface area contributed by atoms with Crippen molar-refractivity contribution in [2.75, 3.05) is 24.2 Å². The van der Waals surface area contributed by atoms with E-state index in [9.17, 15) is 23.9 Å². The van der Waals surface area contributed by atoms with Gasteiger partial charge in [-0.15, -0.1) is 0 Å². The molecule has 2 aromatic carbocycles. The van der Waals surface area contributed by atoms with E-state index in [0.717, 1.165) is 28.2 Å². The zero-order valence-corrected chi connectivity index (χ0v) is 25.3. The largest absolute Gasteiger partial charge is 0.422 e. The summed E-state index contributed by atoms with van der Waals surface area (Å²) in [5.41, 5.74) is 3.07. The van der Waals surface area contributed by atoms with Crippen molar-refractivity contribution >= 4 is 35.6 Å². The van der Waals surface area contributed by atoms with Gasteiger partial charge in [0.2, 0.25) is 0 Å². The van der Waals surface area contributed by atoms with Crippen LogP contribution in [0.25, 0.3) is 6.08 Å². The lowest BCUT2D eigenvalue weighted by Gasteiger charge is -2.42. The summed E-state index contributed by atoms with van der Waals surface area (Å²) < 4.78 is 17.5. The molecule has 2 aromatic rings. The summed E-state index contributed by atoms with van der Waals surface area (Å²) >= 11 is 0. The van der Waals surface area contributed by atoms with Gasteiger partial charge in [0.15, 0.2) is 0 Å². The number of hydrogen-bond donors (Lipinski definition) is 2. The van der Waals surface area contributed by atoms with Gasteiger partial charge in [0.1, 0.15) is 5.75 Å². The summed E-state index contributed by atoms with van der Waals surface area (Å²) in [5, 5.41) is 2.06. The van der Waals surface area contributed by atoms with Crippen LogP contribution in [0, 0.1) is 0 Å². The first-order chi connectivity index (χ1) is 18.3. The van der Waals surface area contributed by atoms with Crippen LogP contribution in [0.5, 0.6) is 5.75 Å². The average Bonchev–Trinajstić information content (AvgIpc) is 2.89. The molecular formula is C30H40NO6PS. The first-order valence-corrected chi connectivity index (χ1v) is 17.1. The zero-order valence-electron chi connectivity index (χ0n) is 23.6. The standard InChI is InChI=1S/C30H40NO6PS/c1-7-39(8-2)17-15-31(14-16-38(34,35)36)29(32)27(39)20-23-18-25(21(3)4)28(26(19-23)22(5)6)37-30(33)24-12-10-9-11-13-24/h9-13,15,17-22H,7-8,14,16H2,1-6H3,(H2,34,35,36)/b27-20+. The highest BCUT2D eigenvalue weighted by atomic mass is 32.3. The van der Waals surface area contributed by atoms with Crippen LogP contribution in [0.1, 0.15) is 80.4 Å². The van der Waals surface area contributed by atoms with E-state index in [1.54, 1.807) is 30.5 Å². The van der Waals surface area contributed by atoms with E-state index in [2.05, 4.69) is 19.3 Å². The number of benzene rings is 2. The van der Waals surface area contributed by atoms with E-state index in [4.69, 9.17) is 4.74 Å². The lowest BCUT2D eigenvalue weighted by atomic mass is 9.91. The Bertz CT molecular complexity index is 1280. The number of rotatable bonds is 10. The SMILES string of the molecule is CCS1(CC)C=CN(CCP(=O)(O)O)C(=O)/C1=C\c1cc(C(C)C)c(OC(=O)c2ccccc2)c(C(C)C)c1. The summed E-state index contributed by atoms with van der Waals surface area (Å²) in [6.07, 6.45) is 3.23. The van der Waals surface area contributed by atoms with E-state index in [1.165, 1.54) is 4.90 Å². The van der Waals surface area contributed by atoms with Crippen LogP contribution in [0.4, 0.5) is 0 Å². The minimum Gasteiger partial charge on any atom is -0.422 e. The predicted molar refractivity (Wildman–Crippen MR) is 160 cm³/mol. The van der Waals surface area contributed by atoms with Gasteiger partial charge >= 0.3 is 13.6 Å². The molecule has 3 rings (SSSR count). The summed E-state index contributed by atoms with van der Waals surface area (Å²) in [6, 6.07) is 12.9. The van der Waals surface area contributed by atoms with Crippen LogP contribution in [0.15, 0.2) is 59.0 Å². The predicted octanol–water partition coefficient (Wildman–Crippen LogP) is 6.83. The Morgan fingerprint density at radius 3 is 2.08 bits per heavy atom. The summed E-state index contributed by atoms with van der Waals surface area (Å²) in [7, 11) is -5.82. The van der Waals surface area contributed by atoms with Gasteiger partial charge < -0.3 is 19.4 Å². The van der Waals surface area contributed by atoms with Crippen LogP contribution < -0.4 is 4.74 Å². The molecule has 1 aliphatic rings. The number of esters is 1. The summed E-state index contributed by atoms with van der Waals surface area (Å²) in [5.74, 6) is 1.58. The van der Waals surface area contributed by atoms with Crippen molar-refractivity contribution in [3.05, 3.63) is 81.2 Å². The molecule has 212 valence electrons. The maximum atomic E-state index is 13.7. The molecule has 0 fully saturated rings. The molecular weight excluding hydrogens is 533 g/mol. The van der Waals surface area contributed by atoms with E-state index < -0.39 is 29.8 Å². The second kappa shape index (κ2) is 12.7. The van der Waals surface area contributed by atoms with Crippen LogP contribution in [0.2, 0.25) is 0 Å². The van der Waals surface area contributed by atoms with Crippen molar-refractivity contribution in [1.82, 2.24) is 4.90 Å². The Kier molecular flexibility index (Phi) is 10.1. The molecule has 0 bridgehead atoms. The van der Waals surface area contributed by atoms with Gasteiger partial charge in [-0.1, -0.05) is 59.7 Å². The summed E-state index contributed by atoms with van der Waals surface area (Å²) in [4.78, 5) is 47.5. The highest BCUT2D eigenvalue weighted by Gasteiger charge is 2.35. The second-order valence-corrected chi connectivity index (χ2v) is 15.8. The summed E-state index contributed by atoms with van der Waals surface area (Å²) in [6.45, 7) is 12.3.